The SMILES string of the molecule is C[C@H](O)c1ccc(N(C)CC2(O)CCOCC2)c(Br)c1. The molecule has 0 saturated carbocycles. The number of nitrogens with zero attached hydrogens (tertiary/aromatic N) is 1. The molecule has 0 radical (unpaired) electrons. The third-order valence-corrected chi connectivity index (χ3v) is 4.46. The Morgan fingerprint density at radius 3 is 2.60 bits per heavy atom. The zero-order valence-corrected chi connectivity index (χ0v) is 13.6. The maximum atomic E-state index is 10.6. The lowest BCUT2D eigenvalue weighted by atomic mass is 9.93. The van der Waals surface area contributed by atoms with Crippen molar-refractivity contribution >= 4 is 21.6 Å². The molecular formula is C15H22BrNO3. The molecule has 2 rings (SSSR count). The highest BCUT2D eigenvalue weighted by atomic mass is 79.9. The number of benzene rings is 1. The number of likely N-dealkylation sites (N-methyl/N-ethyl adjacent to an activating group) is 1. The third-order valence-electron chi connectivity index (χ3n) is 3.82. The Morgan fingerprint density at radius 1 is 1.40 bits per heavy atom. The number of anilines is 1. The fourth-order valence-electron chi connectivity index (χ4n) is 2.53. The predicted octanol–water partition coefficient (Wildman–Crippen LogP) is 2.48. The average Bonchev–Trinajstić information content (AvgIpc) is 2.38. The van der Waals surface area contributed by atoms with Gasteiger partial charge in [-0.1, -0.05) is 6.07 Å². The summed E-state index contributed by atoms with van der Waals surface area (Å²) in [5, 5.41) is 20.2. The lowest BCUT2D eigenvalue weighted by molar-refractivity contribution is -0.0572. The minimum absolute atomic E-state index is 0.481. The van der Waals surface area contributed by atoms with E-state index in [4.69, 9.17) is 4.74 Å². The van der Waals surface area contributed by atoms with Crippen molar-refractivity contribution in [3.05, 3.63) is 28.2 Å². The van der Waals surface area contributed by atoms with Crippen LogP contribution < -0.4 is 4.90 Å². The van der Waals surface area contributed by atoms with Crippen molar-refractivity contribution in [2.75, 3.05) is 31.7 Å². The van der Waals surface area contributed by atoms with Gasteiger partial charge in [0.05, 0.1) is 17.4 Å². The van der Waals surface area contributed by atoms with E-state index in [1.807, 2.05) is 30.1 Å². The van der Waals surface area contributed by atoms with Gasteiger partial charge in [-0.05, 0) is 40.5 Å². The number of aliphatic hydroxyl groups excluding tert-OH is 1. The molecule has 1 heterocycles. The molecule has 1 atom stereocenters. The molecule has 0 unspecified atom stereocenters. The van der Waals surface area contributed by atoms with Crippen molar-refractivity contribution in [2.45, 2.75) is 31.5 Å². The van der Waals surface area contributed by atoms with E-state index in [9.17, 15) is 10.2 Å². The molecule has 1 fully saturated rings. The average molecular weight is 344 g/mol. The van der Waals surface area contributed by atoms with Crippen LogP contribution >= 0.6 is 15.9 Å². The summed E-state index contributed by atoms with van der Waals surface area (Å²) in [5.41, 5.74) is 1.20. The first-order valence-corrected chi connectivity index (χ1v) is 7.69. The molecule has 1 aliphatic rings. The summed E-state index contributed by atoms with van der Waals surface area (Å²) in [5.74, 6) is 0. The highest BCUT2D eigenvalue weighted by molar-refractivity contribution is 9.10. The van der Waals surface area contributed by atoms with E-state index in [0.717, 1.165) is 15.7 Å². The maximum absolute atomic E-state index is 10.6. The van der Waals surface area contributed by atoms with Gasteiger partial charge in [0.15, 0.2) is 0 Å². The molecular weight excluding hydrogens is 322 g/mol. The molecule has 4 nitrogen and oxygen atoms in total. The van der Waals surface area contributed by atoms with Gasteiger partial charge in [0.1, 0.15) is 0 Å². The number of hydrogen-bond donors (Lipinski definition) is 2. The normalized spacial score (nSPS) is 19.6. The minimum atomic E-state index is -0.685. The zero-order chi connectivity index (χ0) is 14.8. The van der Waals surface area contributed by atoms with Crippen molar-refractivity contribution in [1.82, 2.24) is 0 Å². The molecule has 1 aliphatic heterocycles. The molecule has 0 bridgehead atoms. The fraction of sp³-hybridized carbons (Fsp3) is 0.600. The van der Waals surface area contributed by atoms with E-state index < -0.39 is 11.7 Å². The van der Waals surface area contributed by atoms with Gasteiger partial charge < -0.3 is 19.8 Å². The molecule has 1 saturated heterocycles. The summed E-state index contributed by atoms with van der Waals surface area (Å²) in [4.78, 5) is 2.04. The van der Waals surface area contributed by atoms with Gasteiger partial charge in [0, 0.05) is 44.1 Å². The molecule has 0 aromatic heterocycles. The molecule has 0 aliphatic carbocycles. The molecule has 1 aromatic carbocycles. The van der Waals surface area contributed by atoms with E-state index in [1.54, 1.807) is 6.92 Å². The first kappa shape index (κ1) is 15.8. The van der Waals surface area contributed by atoms with E-state index in [1.165, 1.54) is 0 Å². The second-order valence-electron chi connectivity index (χ2n) is 5.58. The van der Waals surface area contributed by atoms with Gasteiger partial charge in [-0.3, -0.25) is 0 Å². The van der Waals surface area contributed by atoms with Crippen molar-refractivity contribution in [3.8, 4) is 0 Å². The smallest absolute Gasteiger partial charge is 0.0865 e. The van der Waals surface area contributed by atoms with E-state index in [-0.39, 0.29) is 0 Å². The van der Waals surface area contributed by atoms with Crippen LogP contribution in [0.15, 0.2) is 22.7 Å². The second kappa shape index (κ2) is 6.43. The van der Waals surface area contributed by atoms with Crippen molar-refractivity contribution in [3.63, 3.8) is 0 Å². The largest absolute Gasteiger partial charge is 0.389 e. The molecule has 0 spiro atoms. The number of rotatable bonds is 4. The van der Waals surface area contributed by atoms with Crippen molar-refractivity contribution in [1.29, 1.82) is 0 Å². The Hall–Kier alpha value is -0.620. The Labute approximate surface area is 128 Å². The molecule has 112 valence electrons. The Balaban J connectivity index is 2.10. The van der Waals surface area contributed by atoms with Crippen LogP contribution in [0, 0.1) is 0 Å². The lowest BCUT2D eigenvalue weighted by Gasteiger charge is -2.36. The molecule has 5 heteroatoms. The van der Waals surface area contributed by atoms with Crippen LogP contribution in [0.4, 0.5) is 5.69 Å². The third kappa shape index (κ3) is 3.73. The van der Waals surface area contributed by atoms with Gasteiger partial charge >= 0.3 is 0 Å². The summed E-state index contributed by atoms with van der Waals surface area (Å²) in [7, 11) is 1.97. The second-order valence-corrected chi connectivity index (χ2v) is 6.43. The first-order chi connectivity index (χ1) is 9.41. The summed E-state index contributed by atoms with van der Waals surface area (Å²) in [6.45, 7) is 3.55. The zero-order valence-electron chi connectivity index (χ0n) is 12.0. The number of ether oxygens (including phenoxy) is 1. The number of hydrogen-bond acceptors (Lipinski definition) is 4. The van der Waals surface area contributed by atoms with E-state index in [2.05, 4.69) is 15.9 Å². The maximum Gasteiger partial charge on any atom is 0.0865 e. The van der Waals surface area contributed by atoms with E-state index in [0.29, 0.717) is 32.6 Å². The lowest BCUT2D eigenvalue weighted by Crippen LogP contribution is -2.45. The van der Waals surface area contributed by atoms with Gasteiger partial charge in [0.25, 0.3) is 0 Å². The standard InChI is InChI=1S/C15H22BrNO3/c1-11(18)12-3-4-14(13(16)9-12)17(2)10-15(19)5-7-20-8-6-15/h3-4,9,11,18-19H,5-8,10H2,1-2H3/t11-/m0/s1. The molecule has 20 heavy (non-hydrogen) atoms. The quantitative estimate of drug-likeness (QED) is 0.881. The molecule has 0 amide bonds. The monoisotopic (exact) mass is 343 g/mol. The number of halogens is 1. The fourth-order valence-corrected chi connectivity index (χ4v) is 3.23. The van der Waals surface area contributed by atoms with Crippen molar-refractivity contribution < 1.29 is 14.9 Å². The van der Waals surface area contributed by atoms with Crippen LogP contribution in [0.25, 0.3) is 0 Å². The predicted molar refractivity (Wildman–Crippen MR) is 83.0 cm³/mol. The highest BCUT2D eigenvalue weighted by Gasteiger charge is 2.31. The summed E-state index contributed by atoms with van der Waals surface area (Å²) >= 11 is 3.54. The van der Waals surface area contributed by atoms with Crippen molar-refractivity contribution in [2.24, 2.45) is 0 Å². The Morgan fingerprint density at radius 2 is 2.05 bits per heavy atom. The van der Waals surface area contributed by atoms with Crippen LogP contribution in [-0.4, -0.2) is 42.6 Å². The van der Waals surface area contributed by atoms with Gasteiger partial charge in [-0.15, -0.1) is 0 Å². The Kier molecular flexibility index (Phi) is 5.07. The van der Waals surface area contributed by atoms with Gasteiger partial charge in [-0.2, -0.15) is 0 Å². The topological polar surface area (TPSA) is 52.9 Å². The van der Waals surface area contributed by atoms with Crippen LogP contribution in [0.2, 0.25) is 0 Å². The summed E-state index contributed by atoms with van der Waals surface area (Å²) in [6, 6.07) is 5.80. The molecule has 2 N–H and O–H groups in total. The Bertz CT molecular complexity index is 458. The van der Waals surface area contributed by atoms with Gasteiger partial charge in [-0.25, -0.2) is 0 Å². The highest BCUT2D eigenvalue weighted by Crippen LogP contribution is 2.31. The van der Waals surface area contributed by atoms with Gasteiger partial charge in [0.2, 0.25) is 0 Å². The van der Waals surface area contributed by atoms with Crippen LogP contribution in [-0.2, 0) is 4.74 Å². The van der Waals surface area contributed by atoms with Crippen LogP contribution in [0.5, 0.6) is 0 Å². The van der Waals surface area contributed by atoms with Crippen LogP contribution in [0.3, 0.4) is 0 Å². The summed E-state index contributed by atoms with van der Waals surface area (Å²) in [6.07, 6.45) is 0.854. The first-order valence-electron chi connectivity index (χ1n) is 6.90. The van der Waals surface area contributed by atoms with E-state index >= 15 is 0 Å². The minimum Gasteiger partial charge on any atom is -0.389 e. The summed E-state index contributed by atoms with van der Waals surface area (Å²) < 4.78 is 6.23. The van der Waals surface area contributed by atoms with Crippen LogP contribution in [0.1, 0.15) is 31.4 Å². The number of aliphatic hydroxyl groups is 2. The molecule has 1 aromatic rings.